The Morgan fingerprint density at radius 3 is 2.41 bits per heavy atom. The van der Waals surface area contributed by atoms with E-state index < -0.39 is 6.04 Å². The number of carbonyl (C=O) groups is 2. The average Bonchev–Trinajstić information content (AvgIpc) is 2.70. The third kappa shape index (κ3) is 5.70. The van der Waals surface area contributed by atoms with Crippen LogP contribution in [0.25, 0.3) is 0 Å². The molecule has 2 atom stereocenters. The lowest BCUT2D eigenvalue weighted by Crippen LogP contribution is -2.55. The topological polar surface area (TPSA) is 93.4 Å². The third-order valence-electron chi connectivity index (χ3n) is 5.39. The summed E-state index contributed by atoms with van der Waals surface area (Å²) < 4.78 is 5.25. The molecular weight excluding hydrogens is 342 g/mol. The standard InChI is InChI=1S/C21H33N3O3/c1-14(2)19(24-20(25)16-11-7-8-12-18(16)27-3)21(26)23-17(13-22)15-9-5-4-6-10-15/h7-8,11-12,14-15,17,19H,4-6,9-10,13,22H2,1-3H3,(H,23,26)(H,24,25). The maximum absolute atomic E-state index is 12.9. The first-order valence-electron chi connectivity index (χ1n) is 9.92. The summed E-state index contributed by atoms with van der Waals surface area (Å²) in [5, 5.41) is 5.96. The summed E-state index contributed by atoms with van der Waals surface area (Å²) >= 11 is 0. The number of nitrogens with one attached hydrogen (secondary N) is 2. The van der Waals surface area contributed by atoms with Crippen molar-refractivity contribution in [3.63, 3.8) is 0 Å². The van der Waals surface area contributed by atoms with E-state index in [1.54, 1.807) is 24.3 Å². The summed E-state index contributed by atoms with van der Waals surface area (Å²) in [5.74, 6) is 0.372. The Hall–Kier alpha value is -2.08. The van der Waals surface area contributed by atoms with Gasteiger partial charge in [0.1, 0.15) is 11.8 Å². The molecule has 1 saturated carbocycles. The Balaban J connectivity index is 2.06. The summed E-state index contributed by atoms with van der Waals surface area (Å²) in [6.07, 6.45) is 5.83. The number of rotatable bonds is 8. The van der Waals surface area contributed by atoms with Gasteiger partial charge in [0.2, 0.25) is 5.91 Å². The fraction of sp³-hybridized carbons (Fsp3) is 0.619. The number of hydrogen-bond donors (Lipinski definition) is 3. The Bertz CT molecular complexity index is 627. The van der Waals surface area contributed by atoms with Gasteiger partial charge in [-0.2, -0.15) is 0 Å². The predicted molar refractivity (Wildman–Crippen MR) is 107 cm³/mol. The first-order valence-corrected chi connectivity index (χ1v) is 9.92. The molecule has 6 nitrogen and oxygen atoms in total. The van der Waals surface area contributed by atoms with Crippen LogP contribution in [0.15, 0.2) is 24.3 Å². The average molecular weight is 376 g/mol. The van der Waals surface area contributed by atoms with Gasteiger partial charge in [0.05, 0.1) is 12.7 Å². The van der Waals surface area contributed by atoms with Crippen molar-refractivity contribution in [2.45, 2.75) is 58.0 Å². The molecule has 1 aromatic carbocycles. The monoisotopic (exact) mass is 375 g/mol. The highest BCUT2D eigenvalue weighted by Gasteiger charge is 2.30. The minimum atomic E-state index is -0.625. The van der Waals surface area contributed by atoms with Crippen LogP contribution < -0.4 is 21.1 Å². The van der Waals surface area contributed by atoms with Crippen molar-refractivity contribution in [3.05, 3.63) is 29.8 Å². The second-order valence-corrected chi connectivity index (χ2v) is 7.64. The van der Waals surface area contributed by atoms with Crippen molar-refractivity contribution in [3.8, 4) is 5.75 Å². The molecule has 2 unspecified atom stereocenters. The molecule has 2 amide bonds. The molecule has 0 spiro atoms. The van der Waals surface area contributed by atoms with Gasteiger partial charge in [-0.25, -0.2) is 0 Å². The largest absolute Gasteiger partial charge is 0.496 e. The van der Waals surface area contributed by atoms with Crippen LogP contribution in [-0.4, -0.2) is 37.6 Å². The number of hydrogen-bond acceptors (Lipinski definition) is 4. The van der Waals surface area contributed by atoms with E-state index >= 15 is 0 Å². The molecule has 0 aromatic heterocycles. The van der Waals surface area contributed by atoms with Crippen LogP contribution in [-0.2, 0) is 4.79 Å². The summed E-state index contributed by atoms with van der Waals surface area (Å²) in [6.45, 7) is 4.26. The van der Waals surface area contributed by atoms with Gasteiger partial charge in [-0.15, -0.1) is 0 Å². The van der Waals surface area contributed by atoms with Crippen LogP contribution >= 0.6 is 0 Å². The van der Waals surface area contributed by atoms with Crippen LogP contribution in [0, 0.1) is 11.8 Å². The van der Waals surface area contributed by atoms with Gasteiger partial charge >= 0.3 is 0 Å². The van der Waals surface area contributed by atoms with Gasteiger partial charge in [-0.05, 0) is 36.8 Å². The Morgan fingerprint density at radius 2 is 1.81 bits per heavy atom. The van der Waals surface area contributed by atoms with Gasteiger partial charge in [0, 0.05) is 12.6 Å². The summed E-state index contributed by atoms with van der Waals surface area (Å²) in [6, 6.07) is 6.33. The van der Waals surface area contributed by atoms with E-state index in [1.807, 2.05) is 13.8 Å². The van der Waals surface area contributed by atoms with Crippen LogP contribution in [0.5, 0.6) is 5.75 Å². The molecule has 150 valence electrons. The minimum absolute atomic E-state index is 0.0396. The lowest BCUT2D eigenvalue weighted by Gasteiger charge is -2.32. The second kappa shape index (κ2) is 10.3. The third-order valence-corrected chi connectivity index (χ3v) is 5.39. The lowest BCUT2D eigenvalue weighted by atomic mass is 9.83. The molecule has 6 heteroatoms. The number of carbonyl (C=O) groups excluding carboxylic acids is 2. The lowest BCUT2D eigenvalue weighted by molar-refractivity contribution is -0.125. The second-order valence-electron chi connectivity index (χ2n) is 7.64. The number of nitrogens with two attached hydrogens (primary N) is 1. The van der Waals surface area contributed by atoms with Gasteiger partial charge in [0.25, 0.3) is 5.91 Å². The number of benzene rings is 1. The maximum atomic E-state index is 12.9. The molecule has 1 aliphatic carbocycles. The Kier molecular flexibility index (Phi) is 8.10. The zero-order chi connectivity index (χ0) is 19.8. The quantitative estimate of drug-likeness (QED) is 0.651. The van der Waals surface area contributed by atoms with E-state index in [0.717, 1.165) is 12.8 Å². The smallest absolute Gasteiger partial charge is 0.255 e. The maximum Gasteiger partial charge on any atom is 0.255 e. The highest BCUT2D eigenvalue weighted by molar-refractivity contribution is 5.99. The van der Waals surface area contributed by atoms with Crippen molar-refractivity contribution in [2.24, 2.45) is 17.6 Å². The fourth-order valence-corrected chi connectivity index (χ4v) is 3.76. The molecule has 0 radical (unpaired) electrons. The summed E-state index contributed by atoms with van der Waals surface area (Å²) in [7, 11) is 1.52. The molecular formula is C21H33N3O3. The van der Waals surface area contributed by atoms with Gasteiger partial charge in [-0.3, -0.25) is 9.59 Å². The van der Waals surface area contributed by atoms with Gasteiger partial charge in [0.15, 0.2) is 0 Å². The molecule has 0 aliphatic heterocycles. The van der Waals surface area contributed by atoms with Crippen molar-refractivity contribution in [2.75, 3.05) is 13.7 Å². The van der Waals surface area contributed by atoms with Crippen LogP contribution in [0.3, 0.4) is 0 Å². The first kappa shape index (κ1) is 21.2. The van der Waals surface area contributed by atoms with E-state index in [9.17, 15) is 9.59 Å². The van der Waals surface area contributed by atoms with Crippen LogP contribution in [0.4, 0.5) is 0 Å². The highest BCUT2D eigenvalue weighted by atomic mass is 16.5. The van der Waals surface area contributed by atoms with E-state index in [1.165, 1.54) is 26.4 Å². The molecule has 1 aliphatic rings. The van der Waals surface area contributed by atoms with Crippen molar-refractivity contribution >= 4 is 11.8 Å². The molecule has 1 fully saturated rings. The van der Waals surface area contributed by atoms with E-state index in [-0.39, 0.29) is 23.8 Å². The van der Waals surface area contributed by atoms with Crippen molar-refractivity contribution in [1.29, 1.82) is 0 Å². The van der Waals surface area contributed by atoms with E-state index in [0.29, 0.717) is 23.8 Å². The molecule has 0 bridgehead atoms. The normalized spacial score (nSPS) is 17.2. The molecule has 4 N–H and O–H groups in total. The zero-order valence-corrected chi connectivity index (χ0v) is 16.7. The Labute approximate surface area is 162 Å². The number of amides is 2. The molecule has 0 saturated heterocycles. The van der Waals surface area contributed by atoms with Crippen molar-refractivity contribution in [1.82, 2.24) is 10.6 Å². The number of para-hydroxylation sites is 1. The number of methoxy groups -OCH3 is 1. The van der Waals surface area contributed by atoms with E-state index in [4.69, 9.17) is 10.5 Å². The van der Waals surface area contributed by atoms with Crippen LogP contribution in [0.1, 0.15) is 56.3 Å². The molecule has 2 rings (SSSR count). The Morgan fingerprint density at radius 1 is 1.15 bits per heavy atom. The summed E-state index contributed by atoms with van der Waals surface area (Å²) in [4.78, 5) is 25.6. The first-order chi connectivity index (χ1) is 13.0. The molecule has 0 heterocycles. The van der Waals surface area contributed by atoms with Crippen LogP contribution in [0.2, 0.25) is 0 Å². The summed E-state index contributed by atoms with van der Waals surface area (Å²) in [5.41, 5.74) is 6.36. The van der Waals surface area contributed by atoms with Crippen molar-refractivity contribution < 1.29 is 14.3 Å². The van der Waals surface area contributed by atoms with Gasteiger partial charge < -0.3 is 21.1 Å². The number of ether oxygens (including phenoxy) is 1. The van der Waals surface area contributed by atoms with E-state index in [2.05, 4.69) is 10.6 Å². The minimum Gasteiger partial charge on any atom is -0.496 e. The molecule has 1 aromatic rings. The SMILES string of the molecule is COc1ccccc1C(=O)NC(C(=O)NC(CN)C1CCCCC1)C(C)C. The zero-order valence-electron chi connectivity index (χ0n) is 16.7. The molecule has 27 heavy (non-hydrogen) atoms. The van der Waals surface area contributed by atoms with Gasteiger partial charge in [-0.1, -0.05) is 45.2 Å². The highest BCUT2D eigenvalue weighted by Crippen LogP contribution is 2.26. The fourth-order valence-electron chi connectivity index (χ4n) is 3.76. The predicted octanol–water partition coefficient (Wildman–Crippen LogP) is 2.47.